The Morgan fingerprint density at radius 2 is 2.24 bits per heavy atom. The number of hydrazine groups is 1. The number of nitrogens with two attached hydrogens (primary N) is 1. The lowest BCUT2D eigenvalue weighted by molar-refractivity contribution is -0.0780. The molecular weight excluding hydrogens is 236 g/mol. The number of hydrogen-bond donors (Lipinski definition) is 2. The van der Waals surface area contributed by atoms with Crippen LogP contribution in [-0.2, 0) is 4.74 Å². The molecule has 1 aliphatic rings. The molecule has 6 heteroatoms. The van der Waals surface area contributed by atoms with Crippen molar-refractivity contribution < 1.29 is 4.74 Å². The Hall–Kier alpha value is -0.560. The van der Waals surface area contributed by atoms with E-state index in [2.05, 4.69) is 41.9 Å². The standard InChI is InChI=1S/C11H20N4OS/c1-10(2)5-7(11(3,4)16-10)9(14-12)8-6-13-17-15-8/h6-7,9,14H,5,12H2,1-4H3. The van der Waals surface area contributed by atoms with Crippen LogP contribution in [0.25, 0.3) is 0 Å². The van der Waals surface area contributed by atoms with Gasteiger partial charge in [-0.15, -0.1) is 0 Å². The molecule has 17 heavy (non-hydrogen) atoms. The minimum absolute atomic E-state index is 0.00877. The summed E-state index contributed by atoms with van der Waals surface area (Å²) >= 11 is 1.21. The Labute approximate surface area is 106 Å². The van der Waals surface area contributed by atoms with Crippen LogP contribution in [0.1, 0.15) is 45.9 Å². The first-order valence-corrected chi connectivity index (χ1v) is 6.52. The van der Waals surface area contributed by atoms with Crippen molar-refractivity contribution in [3.8, 4) is 0 Å². The van der Waals surface area contributed by atoms with Gasteiger partial charge in [-0.05, 0) is 34.1 Å². The summed E-state index contributed by atoms with van der Waals surface area (Å²) in [6.45, 7) is 8.44. The highest BCUT2D eigenvalue weighted by atomic mass is 32.1. The summed E-state index contributed by atoms with van der Waals surface area (Å²) in [7, 11) is 0. The molecule has 0 aliphatic carbocycles. The lowest BCUT2D eigenvalue weighted by atomic mass is 9.81. The predicted octanol–water partition coefficient (Wildman–Crippen LogP) is 1.64. The lowest BCUT2D eigenvalue weighted by Crippen LogP contribution is -2.41. The van der Waals surface area contributed by atoms with Gasteiger partial charge in [-0.25, -0.2) is 0 Å². The van der Waals surface area contributed by atoms with Gasteiger partial charge in [-0.1, -0.05) is 0 Å². The van der Waals surface area contributed by atoms with Crippen LogP contribution in [0.2, 0.25) is 0 Å². The van der Waals surface area contributed by atoms with E-state index < -0.39 is 0 Å². The molecule has 2 rings (SSSR count). The van der Waals surface area contributed by atoms with Crippen molar-refractivity contribution in [1.82, 2.24) is 14.2 Å². The fourth-order valence-electron chi connectivity index (χ4n) is 2.84. The molecule has 2 unspecified atom stereocenters. The van der Waals surface area contributed by atoms with Crippen LogP contribution in [0.5, 0.6) is 0 Å². The van der Waals surface area contributed by atoms with E-state index in [1.807, 2.05) is 0 Å². The number of ether oxygens (including phenoxy) is 1. The third-order valence-electron chi connectivity index (χ3n) is 3.42. The van der Waals surface area contributed by atoms with Gasteiger partial charge >= 0.3 is 0 Å². The summed E-state index contributed by atoms with van der Waals surface area (Å²) in [5.74, 6) is 5.97. The molecule has 0 saturated carbocycles. The van der Waals surface area contributed by atoms with Crippen LogP contribution >= 0.6 is 11.7 Å². The summed E-state index contributed by atoms with van der Waals surface area (Å²) < 4.78 is 14.4. The molecule has 2 atom stereocenters. The van der Waals surface area contributed by atoms with Gasteiger partial charge in [0.15, 0.2) is 0 Å². The van der Waals surface area contributed by atoms with Gasteiger partial charge in [0.05, 0.1) is 40.9 Å². The van der Waals surface area contributed by atoms with Gasteiger partial charge in [-0.2, -0.15) is 8.75 Å². The Kier molecular flexibility index (Phi) is 3.24. The molecule has 96 valence electrons. The average Bonchev–Trinajstić information content (AvgIpc) is 2.74. The van der Waals surface area contributed by atoms with Gasteiger partial charge in [0, 0.05) is 5.92 Å². The Bertz CT molecular complexity index is 377. The minimum atomic E-state index is -0.218. The maximum Gasteiger partial charge on any atom is 0.0929 e. The highest BCUT2D eigenvalue weighted by molar-refractivity contribution is 6.99. The molecule has 0 aromatic carbocycles. The van der Waals surface area contributed by atoms with Crippen molar-refractivity contribution in [2.45, 2.75) is 51.4 Å². The summed E-state index contributed by atoms with van der Waals surface area (Å²) in [4.78, 5) is 0. The van der Waals surface area contributed by atoms with E-state index in [0.717, 1.165) is 12.1 Å². The average molecular weight is 256 g/mol. The minimum Gasteiger partial charge on any atom is -0.369 e. The SMILES string of the molecule is CC1(C)CC(C(NN)c2cnsn2)C(C)(C)O1. The molecular formula is C11H20N4OS. The van der Waals surface area contributed by atoms with Crippen molar-refractivity contribution in [2.75, 3.05) is 0 Å². The van der Waals surface area contributed by atoms with Crippen LogP contribution < -0.4 is 11.3 Å². The van der Waals surface area contributed by atoms with Crippen LogP contribution in [0.4, 0.5) is 0 Å². The van der Waals surface area contributed by atoms with Gasteiger partial charge in [0.1, 0.15) is 0 Å². The van der Waals surface area contributed by atoms with Crippen molar-refractivity contribution in [2.24, 2.45) is 11.8 Å². The molecule has 0 bridgehead atoms. The first kappa shape index (κ1) is 12.9. The number of nitrogens with zero attached hydrogens (tertiary/aromatic N) is 2. The summed E-state index contributed by atoms with van der Waals surface area (Å²) in [6, 6.07) is -0.00877. The Morgan fingerprint density at radius 1 is 1.53 bits per heavy atom. The second-order valence-electron chi connectivity index (χ2n) is 5.75. The van der Waals surface area contributed by atoms with Gasteiger partial charge in [-0.3, -0.25) is 11.3 Å². The molecule has 5 nitrogen and oxygen atoms in total. The topological polar surface area (TPSA) is 73.1 Å². The second kappa shape index (κ2) is 4.28. The number of nitrogens with one attached hydrogen (secondary N) is 1. The Morgan fingerprint density at radius 3 is 2.65 bits per heavy atom. The van der Waals surface area contributed by atoms with E-state index in [1.54, 1.807) is 6.20 Å². The zero-order chi connectivity index (χ0) is 12.7. The molecule has 1 aromatic heterocycles. The fraction of sp³-hybridized carbons (Fsp3) is 0.818. The van der Waals surface area contributed by atoms with E-state index in [4.69, 9.17) is 10.6 Å². The van der Waals surface area contributed by atoms with Crippen LogP contribution in [0.15, 0.2) is 6.20 Å². The zero-order valence-corrected chi connectivity index (χ0v) is 11.5. The monoisotopic (exact) mass is 256 g/mol. The first-order chi connectivity index (χ1) is 7.86. The van der Waals surface area contributed by atoms with E-state index in [9.17, 15) is 0 Å². The maximum absolute atomic E-state index is 6.09. The van der Waals surface area contributed by atoms with Gasteiger partial charge in [0.2, 0.25) is 0 Å². The molecule has 0 spiro atoms. The van der Waals surface area contributed by atoms with Crippen molar-refractivity contribution in [1.29, 1.82) is 0 Å². The van der Waals surface area contributed by atoms with E-state index in [0.29, 0.717) is 0 Å². The molecule has 1 saturated heterocycles. The predicted molar refractivity (Wildman–Crippen MR) is 67.3 cm³/mol. The quantitative estimate of drug-likeness (QED) is 0.635. The number of rotatable bonds is 3. The fourth-order valence-corrected chi connectivity index (χ4v) is 3.30. The molecule has 1 aliphatic heterocycles. The highest BCUT2D eigenvalue weighted by Gasteiger charge is 2.49. The first-order valence-electron chi connectivity index (χ1n) is 5.79. The third kappa shape index (κ3) is 2.49. The van der Waals surface area contributed by atoms with E-state index >= 15 is 0 Å². The van der Waals surface area contributed by atoms with Crippen molar-refractivity contribution in [3.05, 3.63) is 11.9 Å². The molecule has 0 amide bonds. The zero-order valence-electron chi connectivity index (χ0n) is 10.7. The molecule has 1 aromatic rings. The molecule has 0 radical (unpaired) electrons. The van der Waals surface area contributed by atoms with Crippen LogP contribution in [0.3, 0.4) is 0 Å². The van der Waals surface area contributed by atoms with E-state index in [1.165, 1.54) is 11.7 Å². The van der Waals surface area contributed by atoms with E-state index in [-0.39, 0.29) is 23.2 Å². The summed E-state index contributed by atoms with van der Waals surface area (Å²) in [6.07, 6.45) is 2.73. The van der Waals surface area contributed by atoms with Crippen molar-refractivity contribution in [3.63, 3.8) is 0 Å². The summed E-state index contributed by atoms with van der Waals surface area (Å²) in [5, 5.41) is 0. The van der Waals surface area contributed by atoms with Crippen molar-refractivity contribution >= 4 is 11.7 Å². The largest absolute Gasteiger partial charge is 0.369 e. The van der Waals surface area contributed by atoms with Gasteiger partial charge in [0.25, 0.3) is 0 Å². The molecule has 3 N–H and O–H groups in total. The molecule has 1 fully saturated rings. The smallest absolute Gasteiger partial charge is 0.0929 e. The number of hydrogen-bond acceptors (Lipinski definition) is 6. The van der Waals surface area contributed by atoms with Crippen LogP contribution in [-0.4, -0.2) is 19.9 Å². The van der Waals surface area contributed by atoms with Crippen LogP contribution in [0, 0.1) is 5.92 Å². The lowest BCUT2D eigenvalue weighted by Gasteiger charge is -2.31. The van der Waals surface area contributed by atoms with Gasteiger partial charge < -0.3 is 4.74 Å². The summed E-state index contributed by atoms with van der Waals surface area (Å²) in [5.41, 5.74) is 3.43. The Balaban J connectivity index is 2.26. The highest BCUT2D eigenvalue weighted by Crippen LogP contribution is 2.47. The third-order valence-corrected chi connectivity index (χ3v) is 3.91. The normalized spacial score (nSPS) is 28.2. The number of aromatic nitrogens is 2. The second-order valence-corrected chi connectivity index (χ2v) is 6.31. The molecule has 2 heterocycles. The maximum atomic E-state index is 6.09.